The van der Waals surface area contributed by atoms with Crippen LogP contribution in [0.1, 0.15) is 26.5 Å². The molecule has 0 bridgehead atoms. The van der Waals surface area contributed by atoms with E-state index in [1.165, 1.54) is 42.8 Å². The molecule has 26 heavy (non-hydrogen) atoms. The standard InChI is InChI=1S/C19H14FN3O3/c20-15-8-6-13(7-9-15)18(24)22-16-4-1-3-14(11-16)19(25)23-21-12-17-5-2-10-26-17/h1-12H,(H,22,24)(H,23,25)/b21-12-. The fourth-order valence-corrected chi connectivity index (χ4v) is 2.13. The Labute approximate surface area is 148 Å². The van der Waals surface area contributed by atoms with Gasteiger partial charge < -0.3 is 9.73 Å². The minimum atomic E-state index is -0.439. The van der Waals surface area contributed by atoms with Crippen LogP contribution < -0.4 is 10.7 Å². The van der Waals surface area contributed by atoms with Crippen LogP contribution in [0.3, 0.4) is 0 Å². The number of rotatable bonds is 5. The largest absolute Gasteiger partial charge is 0.463 e. The van der Waals surface area contributed by atoms with Crippen molar-refractivity contribution in [1.82, 2.24) is 5.43 Å². The van der Waals surface area contributed by atoms with Gasteiger partial charge in [0.1, 0.15) is 11.6 Å². The van der Waals surface area contributed by atoms with Crippen LogP contribution in [0.2, 0.25) is 0 Å². The molecule has 1 aromatic heterocycles. The zero-order chi connectivity index (χ0) is 18.4. The average molecular weight is 351 g/mol. The molecule has 0 radical (unpaired) electrons. The Kier molecular flexibility index (Phi) is 5.19. The van der Waals surface area contributed by atoms with E-state index in [2.05, 4.69) is 15.8 Å². The summed E-state index contributed by atoms with van der Waals surface area (Å²) < 4.78 is 18.0. The lowest BCUT2D eigenvalue weighted by Gasteiger charge is -2.07. The molecule has 2 aromatic carbocycles. The third-order valence-electron chi connectivity index (χ3n) is 3.39. The lowest BCUT2D eigenvalue weighted by molar-refractivity contribution is 0.0953. The van der Waals surface area contributed by atoms with Gasteiger partial charge in [-0.25, -0.2) is 9.82 Å². The molecule has 0 aliphatic rings. The Morgan fingerprint density at radius 1 is 0.962 bits per heavy atom. The van der Waals surface area contributed by atoms with Crippen molar-refractivity contribution in [2.45, 2.75) is 0 Å². The number of hydrogen-bond donors (Lipinski definition) is 2. The summed E-state index contributed by atoms with van der Waals surface area (Å²) in [5, 5.41) is 6.45. The number of nitrogens with one attached hydrogen (secondary N) is 2. The maximum absolute atomic E-state index is 12.9. The molecule has 3 rings (SSSR count). The molecule has 0 aliphatic heterocycles. The Morgan fingerprint density at radius 2 is 1.77 bits per heavy atom. The summed E-state index contributed by atoms with van der Waals surface area (Å²) in [5.41, 5.74) is 3.43. The normalized spacial score (nSPS) is 10.7. The quantitative estimate of drug-likeness (QED) is 0.546. The maximum atomic E-state index is 12.9. The summed E-state index contributed by atoms with van der Waals surface area (Å²) in [6, 6.07) is 14.9. The highest BCUT2D eigenvalue weighted by Gasteiger charge is 2.09. The molecule has 130 valence electrons. The zero-order valence-corrected chi connectivity index (χ0v) is 13.5. The minimum Gasteiger partial charge on any atom is -0.463 e. The van der Waals surface area contributed by atoms with Gasteiger partial charge in [-0.15, -0.1) is 0 Å². The molecule has 0 atom stereocenters. The van der Waals surface area contributed by atoms with Crippen LogP contribution in [0, 0.1) is 5.82 Å². The van der Waals surface area contributed by atoms with Crippen molar-refractivity contribution in [1.29, 1.82) is 0 Å². The van der Waals surface area contributed by atoms with Crippen molar-refractivity contribution in [3.63, 3.8) is 0 Å². The second-order valence-electron chi connectivity index (χ2n) is 5.26. The maximum Gasteiger partial charge on any atom is 0.271 e. The predicted molar refractivity (Wildman–Crippen MR) is 94.6 cm³/mol. The fourth-order valence-electron chi connectivity index (χ4n) is 2.13. The number of hydrazone groups is 1. The molecule has 0 spiro atoms. The van der Waals surface area contributed by atoms with Crippen LogP contribution >= 0.6 is 0 Å². The molecule has 0 saturated heterocycles. The van der Waals surface area contributed by atoms with Crippen molar-refractivity contribution in [2.75, 3.05) is 5.32 Å². The van der Waals surface area contributed by atoms with Crippen molar-refractivity contribution in [3.05, 3.63) is 89.6 Å². The molecule has 1 heterocycles. The molecular weight excluding hydrogens is 337 g/mol. The van der Waals surface area contributed by atoms with Crippen molar-refractivity contribution < 1.29 is 18.4 Å². The number of nitrogens with zero attached hydrogens (tertiary/aromatic N) is 1. The van der Waals surface area contributed by atoms with Gasteiger partial charge in [0, 0.05) is 16.8 Å². The van der Waals surface area contributed by atoms with Crippen molar-refractivity contribution >= 4 is 23.7 Å². The highest BCUT2D eigenvalue weighted by Crippen LogP contribution is 2.13. The molecule has 0 unspecified atom stereocenters. The van der Waals surface area contributed by atoms with E-state index < -0.39 is 17.6 Å². The SMILES string of the molecule is O=C(N/N=C\c1ccco1)c1cccc(NC(=O)c2ccc(F)cc2)c1. The first-order valence-electron chi connectivity index (χ1n) is 7.66. The third-order valence-corrected chi connectivity index (χ3v) is 3.39. The van der Waals surface area contributed by atoms with E-state index in [0.717, 1.165) is 0 Å². The summed E-state index contributed by atoms with van der Waals surface area (Å²) in [6.07, 6.45) is 2.87. The van der Waals surface area contributed by atoms with E-state index in [4.69, 9.17) is 4.42 Å². The average Bonchev–Trinajstić information content (AvgIpc) is 3.16. The number of carbonyl (C=O) groups excluding carboxylic acids is 2. The van der Waals surface area contributed by atoms with E-state index in [9.17, 15) is 14.0 Å². The summed E-state index contributed by atoms with van der Waals surface area (Å²) in [6.45, 7) is 0. The predicted octanol–water partition coefficient (Wildman–Crippen LogP) is 3.43. The van der Waals surface area contributed by atoms with E-state index in [0.29, 0.717) is 22.6 Å². The Bertz CT molecular complexity index is 935. The summed E-state index contributed by atoms with van der Waals surface area (Å²) in [7, 11) is 0. The monoisotopic (exact) mass is 351 g/mol. The zero-order valence-electron chi connectivity index (χ0n) is 13.5. The number of amides is 2. The Hall–Kier alpha value is -3.74. The van der Waals surface area contributed by atoms with Gasteiger partial charge in [-0.2, -0.15) is 5.10 Å². The molecule has 7 heteroatoms. The summed E-state index contributed by atoms with van der Waals surface area (Å²) >= 11 is 0. The topological polar surface area (TPSA) is 83.7 Å². The first kappa shape index (κ1) is 17.1. The number of carbonyl (C=O) groups is 2. The van der Waals surface area contributed by atoms with Crippen LogP contribution in [0.15, 0.2) is 76.4 Å². The number of furan rings is 1. The summed E-state index contributed by atoms with van der Waals surface area (Å²) in [4.78, 5) is 24.3. The van der Waals surface area contributed by atoms with E-state index in [1.807, 2.05) is 0 Å². The molecule has 3 aromatic rings. The van der Waals surface area contributed by atoms with Gasteiger partial charge in [-0.05, 0) is 54.6 Å². The number of anilines is 1. The second kappa shape index (κ2) is 7.89. The second-order valence-corrected chi connectivity index (χ2v) is 5.26. The number of benzene rings is 2. The highest BCUT2D eigenvalue weighted by atomic mass is 19.1. The molecule has 2 amide bonds. The van der Waals surface area contributed by atoms with Gasteiger partial charge in [0.25, 0.3) is 11.8 Å². The molecule has 0 fully saturated rings. The molecular formula is C19H14FN3O3. The molecule has 2 N–H and O–H groups in total. The van der Waals surface area contributed by atoms with Crippen LogP contribution in [0.25, 0.3) is 0 Å². The summed E-state index contributed by atoms with van der Waals surface area (Å²) in [5.74, 6) is -0.759. The van der Waals surface area contributed by atoms with Crippen LogP contribution in [-0.2, 0) is 0 Å². The van der Waals surface area contributed by atoms with Crippen molar-refractivity contribution in [2.24, 2.45) is 5.10 Å². The lowest BCUT2D eigenvalue weighted by Crippen LogP contribution is -2.18. The van der Waals surface area contributed by atoms with E-state index in [-0.39, 0.29) is 0 Å². The Morgan fingerprint density at radius 3 is 2.50 bits per heavy atom. The van der Waals surface area contributed by atoms with Gasteiger partial charge in [-0.3, -0.25) is 9.59 Å². The van der Waals surface area contributed by atoms with Crippen LogP contribution in [-0.4, -0.2) is 18.0 Å². The van der Waals surface area contributed by atoms with Crippen molar-refractivity contribution in [3.8, 4) is 0 Å². The molecule has 0 aliphatic carbocycles. The third kappa shape index (κ3) is 4.41. The van der Waals surface area contributed by atoms with Gasteiger partial charge in [0.05, 0.1) is 12.5 Å². The first-order chi connectivity index (χ1) is 12.6. The smallest absolute Gasteiger partial charge is 0.271 e. The molecule has 0 saturated carbocycles. The van der Waals surface area contributed by atoms with Gasteiger partial charge in [0.2, 0.25) is 0 Å². The van der Waals surface area contributed by atoms with Crippen LogP contribution in [0.4, 0.5) is 10.1 Å². The minimum absolute atomic E-state index is 0.310. The highest BCUT2D eigenvalue weighted by molar-refractivity contribution is 6.05. The van der Waals surface area contributed by atoms with E-state index in [1.54, 1.807) is 30.3 Å². The molecule has 6 nitrogen and oxygen atoms in total. The van der Waals surface area contributed by atoms with Gasteiger partial charge >= 0.3 is 0 Å². The Balaban J connectivity index is 1.64. The lowest BCUT2D eigenvalue weighted by atomic mass is 10.1. The first-order valence-corrected chi connectivity index (χ1v) is 7.66. The van der Waals surface area contributed by atoms with Gasteiger partial charge in [-0.1, -0.05) is 6.07 Å². The van der Waals surface area contributed by atoms with Crippen LogP contribution in [0.5, 0.6) is 0 Å². The fraction of sp³-hybridized carbons (Fsp3) is 0. The number of halogens is 1. The van der Waals surface area contributed by atoms with Gasteiger partial charge in [0.15, 0.2) is 0 Å². The van der Waals surface area contributed by atoms with E-state index >= 15 is 0 Å². The number of hydrogen-bond acceptors (Lipinski definition) is 4.